The number of benzene rings is 1. The Bertz CT molecular complexity index is 659. The summed E-state index contributed by atoms with van der Waals surface area (Å²) in [6.07, 6.45) is -1.52. The Morgan fingerprint density at radius 3 is 2.38 bits per heavy atom. The minimum atomic E-state index is -4.52. The molecule has 2 aromatic rings. The third-order valence-electron chi connectivity index (χ3n) is 2.87. The van der Waals surface area contributed by atoms with Gasteiger partial charge in [-0.1, -0.05) is 15.9 Å². The number of pyridine rings is 1. The topological polar surface area (TPSA) is 33.2 Å². The first-order chi connectivity index (χ1) is 9.80. The van der Waals surface area contributed by atoms with Crippen molar-refractivity contribution < 1.29 is 18.0 Å². The smallest absolute Gasteiger partial charge is 0.311 e. The molecule has 0 radical (unpaired) electrons. The van der Waals surface area contributed by atoms with Gasteiger partial charge in [-0.25, -0.2) is 0 Å². The van der Waals surface area contributed by atoms with Crippen molar-refractivity contribution in [1.29, 1.82) is 0 Å². The van der Waals surface area contributed by atoms with E-state index >= 15 is 0 Å². The van der Waals surface area contributed by atoms with Gasteiger partial charge in [0.2, 0.25) is 0 Å². The summed E-state index contributed by atoms with van der Waals surface area (Å²) in [4.78, 5) is 17.4. The van der Waals surface area contributed by atoms with Crippen molar-refractivity contribution in [2.45, 2.75) is 6.18 Å². The fourth-order valence-corrected chi connectivity index (χ4v) is 2.23. The van der Waals surface area contributed by atoms with E-state index in [4.69, 9.17) is 0 Å². The highest BCUT2D eigenvalue weighted by Crippen LogP contribution is 2.35. The second kappa shape index (κ2) is 5.85. The standard InChI is InChI=1S/C14H10BrF3N2O/c1-20(10-4-6-19-7-5-10)13(21)9-2-3-12(15)11(8-9)14(16,17)18/h2-8H,1H3. The number of carbonyl (C=O) groups excluding carboxylic acids is 1. The monoisotopic (exact) mass is 358 g/mol. The van der Waals surface area contributed by atoms with E-state index in [1.165, 1.54) is 36.5 Å². The summed E-state index contributed by atoms with van der Waals surface area (Å²) in [6, 6.07) is 6.60. The number of hydrogen-bond acceptors (Lipinski definition) is 2. The van der Waals surface area contributed by atoms with Gasteiger partial charge in [0.05, 0.1) is 5.56 Å². The minimum Gasteiger partial charge on any atom is -0.311 e. The first-order valence-electron chi connectivity index (χ1n) is 5.85. The zero-order chi connectivity index (χ0) is 15.6. The molecule has 0 aliphatic rings. The molecular formula is C14H10BrF3N2O. The maximum absolute atomic E-state index is 12.9. The molecule has 0 saturated heterocycles. The van der Waals surface area contributed by atoms with Crippen LogP contribution < -0.4 is 4.90 Å². The molecule has 1 aromatic carbocycles. The highest BCUT2D eigenvalue weighted by atomic mass is 79.9. The molecule has 0 N–H and O–H groups in total. The Morgan fingerprint density at radius 2 is 1.81 bits per heavy atom. The molecule has 1 amide bonds. The van der Waals surface area contributed by atoms with Crippen LogP contribution in [0.15, 0.2) is 47.2 Å². The average molecular weight is 359 g/mol. The molecule has 2 rings (SSSR count). The second-order valence-corrected chi connectivity index (χ2v) is 5.12. The number of nitrogens with zero attached hydrogens (tertiary/aromatic N) is 2. The molecule has 7 heteroatoms. The molecule has 3 nitrogen and oxygen atoms in total. The number of aromatic nitrogens is 1. The van der Waals surface area contributed by atoms with Crippen LogP contribution in [0.3, 0.4) is 0 Å². The zero-order valence-electron chi connectivity index (χ0n) is 10.9. The zero-order valence-corrected chi connectivity index (χ0v) is 12.4. The molecule has 0 fully saturated rings. The maximum atomic E-state index is 12.9. The summed E-state index contributed by atoms with van der Waals surface area (Å²) in [5, 5.41) is 0. The first-order valence-corrected chi connectivity index (χ1v) is 6.65. The van der Waals surface area contributed by atoms with Gasteiger partial charge in [-0.15, -0.1) is 0 Å². The van der Waals surface area contributed by atoms with E-state index in [-0.39, 0.29) is 10.0 Å². The van der Waals surface area contributed by atoms with Crippen LogP contribution in [0.5, 0.6) is 0 Å². The van der Waals surface area contributed by atoms with Crippen LogP contribution in [0.25, 0.3) is 0 Å². The Balaban J connectivity index is 2.36. The lowest BCUT2D eigenvalue weighted by Crippen LogP contribution is -2.26. The number of carbonyl (C=O) groups is 1. The predicted octanol–water partition coefficient (Wildman–Crippen LogP) is 4.14. The van der Waals surface area contributed by atoms with Crippen LogP contribution >= 0.6 is 15.9 Å². The van der Waals surface area contributed by atoms with E-state index in [0.29, 0.717) is 5.69 Å². The van der Waals surface area contributed by atoms with E-state index < -0.39 is 17.6 Å². The normalized spacial score (nSPS) is 11.3. The molecule has 0 aliphatic carbocycles. The van der Waals surface area contributed by atoms with Crippen molar-refractivity contribution >= 4 is 27.5 Å². The van der Waals surface area contributed by atoms with Gasteiger partial charge in [0.15, 0.2) is 0 Å². The summed E-state index contributed by atoms with van der Waals surface area (Å²) in [5.41, 5.74) is -0.368. The van der Waals surface area contributed by atoms with E-state index in [1.807, 2.05) is 0 Å². The van der Waals surface area contributed by atoms with Crippen molar-refractivity contribution in [3.63, 3.8) is 0 Å². The largest absolute Gasteiger partial charge is 0.417 e. The highest BCUT2D eigenvalue weighted by Gasteiger charge is 2.33. The van der Waals surface area contributed by atoms with E-state index in [1.54, 1.807) is 12.1 Å². The van der Waals surface area contributed by atoms with Crippen LogP contribution in [-0.2, 0) is 6.18 Å². The fourth-order valence-electron chi connectivity index (χ4n) is 1.75. The van der Waals surface area contributed by atoms with Crippen molar-refractivity contribution in [2.24, 2.45) is 0 Å². The number of rotatable bonds is 2. The number of alkyl halides is 3. The number of halogens is 4. The van der Waals surface area contributed by atoms with Crippen LogP contribution in [0.2, 0.25) is 0 Å². The lowest BCUT2D eigenvalue weighted by molar-refractivity contribution is -0.138. The maximum Gasteiger partial charge on any atom is 0.417 e. The lowest BCUT2D eigenvalue weighted by Gasteiger charge is -2.18. The van der Waals surface area contributed by atoms with Crippen LogP contribution in [0.1, 0.15) is 15.9 Å². The molecule has 0 saturated carbocycles. The summed E-state index contributed by atoms with van der Waals surface area (Å²) >= 11 is 2.84. The van der Waals surface area contributed by atoms with Crippen LogP contribution in [-0.4, -0.2) is 17.9 Å². The predicted molar refractivity (Wildman–Crippen MR) is 76.1 cm³/mol. The minimum absolute atomic E-state index is 0.0372. The quantitative estimate of drug-likeness (QED) is 0.808. The molecule has 21 heavy (non-hydrogen) atoms. The van der Waals surface area contributed by atoms with Crippen molar-refractivity contribution in [2.75, 3.05) is 11.9 Å². The summed E-state index contributed by atoms with van der Waals surface area (Å²) in [5.74, 6) is -0.529. The third kappa shape index (κ3) is 3.41. The van der Waals surface area contributed by atoms with Gasteiger partial charge < -0.3 is 4.90 Å². The summed E-state index contributed by atoms with van der Waals surface area (Å²) in [6.45, 7) is 0. The Labute approximate surface area is 127 Å². The fraction of sp³-hybridized carbons (Fsp3) is 0.143. The summed E-state index contributed by atoms with van der Waals surface area (Å²) in [7, 11) is 1.49. The van der Waals surface area contributed by atoms with Crippen molar-refractivity contribution in [3.8, 4) is 0 Å². The molecule has 0 aliphatic heterocycles. The molecule has 0 spiro atoms. The Morgan fingerprint density at radius 1 is 1.19 bits per heavy atom. The highest BCUT2D eigenvalue weighted by molar-refractivity contribution is 9.10. The number of hydrogen-bond donors (Lipinski definition) is 0. The van der Waals surface area contributed by atoms with Gasteiger partial charge in [0.1, 0.15) is 0 Å². The SMILES string of the molecule is CN(C(=O)c1ccc(Br)c(C(F)(F)F)c1)c1ccncc1. The number of anilines is 1. The molecule has 0 bridgehead atoms. The van der Waals surface area contributed by atoms with Gasteiger partial charge in [0, 0.05) is 35.2 Å². The van der Waals surface area contributed by atoms with Gasteiger partial charge in [-0.3, -0.25) is 9.78 Å². The van der Waals surface area contributed by atoms with Gasteiger partial charge in [-0.05, 0) is 30.3 Å². The Kier molecular flexibility index (Phi) is 4.32. The Hall–Kier alpha value is -1.89. The lowest BCUT2D eigenvalue weighted by atomic mass is 10.1. The molecule has 0 unspecified atom stereocenters. The first kappa shape index (κ1) is 15.5. The van der Waals surface area contributed by atoms with E-state index in [2.05, 4.69) is 20.9 Å². The number of amides is 1. The van der Waals surface area contributed by atoms with Crippen molar-refractivity contribution in [1.82, 2.24) is 4.98 Å². The molecule has 1 aromatic heterocycles. The van der Waals surface area contributed by atoms with Crippen LogP contribution in [0, 0.1) is 0 Å². The molecule has 110 valence electrons. The second-order valence-electron chi connectivity index (χ2n) is 4.26. The molecule has 1 heterocycles. The molecule has 0 atom stereocenters. The third-order valence-corrected chi connectivity index (χ3v) is 3.56. The van der Waals surface area contributed by atoms with Gasteiger partial charge in [-0.2, -0.15) is 13.2 Å². The summed E-state index contributed by atoms with van der Waals surface area (Å²) < 4.78 is 38.5. The van der Waals surface area contributed by atoms with Crippen LogP contribution in [0.4, 0.5) is 18.9 Å². The average Bonchev–Trinajstić information content (AvgIpc) is 2.46. The van der Waals surface area contributed by atoms with E-state index in [9.17, 15) is 18.0 Å². The van der Waals surface area contributed by atoms with Gasteiger partial charge >= 0.3 is 6.18 Å². The van der Waals surface area contributed by atoms with E-state index in [0.717, 1.165) is 6.07 Å². The van der Waals surface area contributed by atoms with Crippen molar-refractivity contribution in [3.05, 3.63) is 58.3 Å². The molecular weight excluding hydrogens is 349 g/mol. The van der Waals surface area contributed by atoms with Gasteiger partial charge in [0.25, 0.3) is 5.91 Å².